The van der Waals surface area contributed by atoms with Gasteiger partial charge in [0.1, 0.15) is 17.6 Å². The largest absolute Gasteiger partial charge is 0.507 e. The standard InChI is InChI=1S/C20H24N2O3/c23-18-9-3-2-8-17(18)20(24)22-12-6-5-11-21-14-16-13-15-7-1-4-10-19(15)25-16/h1-4,7-10,16,21,23H,5-6,11-14H2,(H,22,24). The van der Waals surface area contributed by atoms with Crippen LogP contribution < -0.4 is 15.4 Å². The lowest BCUT2D eigenvalue weighted by Gasteiger charge is -2.12. The van der Waals surface area contributed by atoms with Gasteiger partial charge in [-0.3, -0.25) is 4.79 Å². The van der Waals surface area contributed by atoms with Crippen molar-refractivity contribution in [1.82, 2.24) is 10.6 Å². The summed E-state index contributed by atoms with van der Waals surface area (Å²) in [5, 5.41) is 15.9. The van der Waals surface area contributed by atoms with Crippen LogP contribution in [0.15, 0.2) is 48.5 Å². The number of hydrogen-bond acceptors (Lipinski definition) is 4. The molecule has 0 fully saturated rings. The van der Waals surface area contributed by atoms with Gasteiger partial charge in [-0.1, -0.05) is 30.3 Å². The molecule has 5 nitrogen and oxygen atoms in total. The summed E-state index contributed by atoms with van der Waals surface area (Å²) in [6.45, 7) is 2.32. The minimum atomic E-state index is -0.233. The highest BCUT2D eigenvalue weighted by Gasteiger charge is 2.21. The molecular formula is C20H24N2O3. The van der Waals surface area contributed by atoms with Gasteiger partial charge in [0.25, 0.3) is 5.91 Å². The molecule has 0 spiro atoms. The number of carbonyl (C=O) groups excluding carboxylic acids is 1. The zero-order valence-electron chi connectivity index (χ0n) is 14.2. The predicted molar refractivity (Wildman–Crippen MR) is 97.1 cm³/mol. The van der Waals surface area contributed by atoms with E-state index in [1.54, 1.807) is 18.2 Å². The first-order valence-electron chi connectivity index (χ1n) is 8.75. The van der Waals surface area contributed by atoms with Gasteiger partial charge in [0.05, 0.1) is 5.56 Å². The number of unbranched alkanes of at least 4 members (excludes halogenated alkanes) is 1. The third kappa shape index (κ3) is 4.73. The first-order valence-corrected chi connectivity index (χ1v) is 8.75. The number of carbonyl (C=O) groups is 1. The van der Waals surface area contributed by atoms with E-state index < -0.39 is 0 Å². The maximum atomic E-state index is 11.9. The Hall–Kier alpha value is -2.53. The normalized spacial score (nSPS) is 15.4. The lowest BCUT2D eigenvalue weighted by molar-refractivity contribution is 0.0950. The smallest absolute Gasteiger partial charge is 0.255 e. The Morgan fingerprint density at radius 1 is 1.08 bits per heavy atom. The molecule has 0 bridgehead atoms. The van der Waals surface area contributed by atoms with E-state index in [1.807, 2.05) is 18.2 Å². The number of amides is 1. The number of phenolic OH excluding ortho intramolecular Hbond substituents is 1. The number of aromatic hydroxyl groups is 1. The average Bonchev–Trinajstić information content (AvgIpc) is 3.04. The molecule has 1 atom stereocenters. The number of rotatable bonds is 8. The molecule has 25 heavy (non-hydrogen) atoms. The fraction of sp³-hybridized carbons (Fsp3) is 0.350. The van der Waals surface area contributed by atoms with Crippen molar-refractivity contribution < 1.29 is 14.6 Å². The van der Waals surface area contributed by atoms with Gasteiger partial charge in [0.15, 0.2) is 0 Å². The summed E-state index contributed by atoms with van der Waals surface area (Å²) < 4.78 is 5.88. The third-order valence-electron chi connectivity index (χ3n) is 4.30. The second-order valence-electron chi connectivity index (χ2n) is 6.24. The van der Waals surface area contributed by atoms with E-state index in [0.717, 1.165) is 38.1 Å². The molecule has 1 amide bonds. The van der Waals surface area contributed by atoms with Crippen molar-refractivity contribution in [1.29, 1.82) is 0 Å². The molecule has 1 aliphatic heterocycles. The maximum Gasteiger partial charge on any atom is 0.255 e. The van der Waals surface area contributed by atoms with Crippen LogP contribution in [-0.4, -0.2) is 36.8 Å². The number of fused-ring (bicyclic) bond motifs is 1. The van der Waals surface area contributed by atoms with Crippen LogP contribution in [0.4, 0.5) is 0 Å². The quantitative estimate of drug-likeness (QED) is 0.646. The minimum Gasteiger partial charge on any atom is -0.507 e. The summed E-state index contributed by atoms with van der Waals surface area (Å²) in [5.41, 5.74) is 1.60. The first-order chi connectivity index (χ1) is 12.2. The van der Waals surface area contributed by atoms with Gasteiger partial charge in [-0.15, -0.1) is 0 Å². The van der Waals surface area contributed by atoms with E-state index in [1.165, 1.54) is 11.6 Å². The van der Waals surface area contributed by atoms with Crippen molar-refractivity contribution >= 4 is 5.91 Å². The van der Waals surface area contributed by atoms with Crippen LogP contribution in [0, 0.1) is 0 Å². The van der Waals surface area contributed by atoms with Crippen LogP contribution in [0.25, 0.3) is 0 Å². The van der Waals surface area contributed by atoms with Gasteiger partial charge in [-0.25, -0.2) is 0 Å². The molecule has 0 aromatic heterocycles. The molecule has 0 saturated heterocycles. The fourth-order valence-corrected chi connectivity index (χ4v) is 2.97. The lowest BCUT2D eigenvalue weighted by Crippen LogP contribution is -2.31. The molecule has 2 aromatic rings. The molecule has 0 aliphatic carbocycles. The molecule has 3 rings (SSSR count). The number of benzene rings is 2. The third-order valence-corrected chi connectivity index (χ3v) is 4.30. The van der Waals surface area contributed by atoms with Crippen molar-refractivity contribution in [3.63, 3.8) is 0 Å². The van der Waals surface area contributed by atoms with Crippen LogP contribution >= 0.6 is 0 Å². The Labute approximate surface area is 148 Å². The van der Waals surface area contributed by atoms with Gasteiger partial charge >= 0.3 is 0 Å². The highest BCUT2D eigenvalue weighted by molar-refractivity contribution is 5.96. The molecular weight excluding hydrogens is 316 g/mol. The van der Waals surface area contributed by atoms with Crippen molar-refractivity contribution in [3.05, 3.63) is 59.7 Å². The van der Waals surface area contributed by atoms with Gasteiger partial charge in [0.2, 0.25) is 0 Å². The highest BCUT2D eigenvalue weighted by atomic mass is 16.5. The lowest BCUT2D eigenvalue weighted by atomic mass is 10.1. The van der Waals surface area contributed by atoms with Crippen LogP contribution in [0.1, 0.15) is 28.8 Å². The van der Waals surface area contributed by atoms with Gasteiger partial charge in [-0.2, -0.15) is 0 Å². The number of nitrogens with one attached hydrogen (secondary N) is 2. The fourth-order valence-electron chi connectivity index (χ4n) is 2.97. The molecule has 132 valence electrons. The molecule has 2 aromatic carbocycles. The summed E-state index contributed by atoms with van der Waals surface area (Å²) >= 11 is 0. The molecule has 3 N–H and O–H groups in total. The predicted octanol–water partition coefficient (Wildman–Crippen LogP) is 2.50. The molecule has 0 radical (unpaired) electrons. The summed E-state index contributed by atoms with van der Waals surface area (Å²) in [7, 11) is 0. The van der Waals surface area contributed by atoms with Gasteiger partial charge in [-0.05, 0) is 43.1 Å². The van der Waals surface area contributed by atoms with Crippen LogP contribution in [-0.2, 0) is 6.42 Å². The SMILES string of the molecule is O=C(NCCCCNCC1Cc2ccccc2O1)c1ccccc1O. The summed E-state index contributed by atoms with van der Waals surface area (Å²) in [5.74, 6) is 0.781. The van der Waals surface area contributed by atoms with E-state index in [9.17, 15) is 9.90 Å². The van der Waals surface area contributed by atoms with Gasteiger partial charge in [0, 0.05) is 19.5 Å². The number of ether oxygens (including phenoxy) is 1. The van der Waals surface area contributed by atoms with E-state index in [4.69, 9.17) is 4.74 Å². The first kappa shape index (κ1) is 17.3. The number of para-hydroxylation sites is 2. The Morgan fingerprint density at radius 3 is 2.68 bits per heavy atom. The Kier molecular flexibility index (Phi) is 5.90. The van der Waals surface area contributed by atoms with E-state index in [-0.39, 0.29) is 17.8 Å². The van der Waals surface area contributed by atoms with Crippen LogP contribution in [0.3, 0.4) is 0 Å². The Morgan fingerprint density at radius 2 is 1.84 bits per heavy atom. The van der Waals surface area contributed by atoms with Crippen molar-refractivity contribution in [3.8, 4) is 11.5 Å². The molecule has 1 aliphatic rings. The molecule has 1 heterocycles. The zero-order chi connectivity index (χ0) is 17.5. The van der Waals surface area contributed by atoms with E-state index in [2.05, 4.69) is 16.7 Å². The minimum absolute atomic E-state index is 0.0132. The topological polar surface area (TPSA) is 70.6 Å². The summed E-state index contributed by atoms with van der Waals surface area (Å²) in [6.07, 6.45) is 3.02. The van der Waals surface area contributed by atoms with Crippen molar-refractivity contribution in [2.45, 2.75) is 25.4 Å². The summed E-state index contributed by atoms with van der Waals surface area (Å²) in [4.78, 5) is 11.9. The number of phenols is 1. The maximum absolute atomic E-state index is 11.9. The van der Waals surface area contributed by atoms with E-state index >= 15 is 0 Å². The summed E-state index contributed by atoms with van der Waals surface area (Å²) in [6, 6.07) is 14.7. The van der Waals surface area contributed by atoms with Crippen molar-refractivity contribution in [2.75, 3.05) is 19.6 Å². The second-order valence-corrected chi connectivity index (χ2v) is 6.24. The van der Waals surface area contributed by atoms with Gasteiger partial charge < -0.3 is 20.5 Å². The molecule has 0 saturated carbocycles. The monoisotopic (exact) mass is 340 g/mol. The zero-order valence-corrected chi connectivity index (χ0v) is 14.2. The van der Waals surface area contributed by atoms with Crippen LogP contribution in [0.5, 0.6) is 11.5 Å². The van der Waals surface area contributed by atoms with Crippen LogP contribution in [0.2, 0.25) is 0 Å². The Bertz CT molecular complexity index is 693. The van der Waals surface area contributed by atoms with E-state index in [0.29, 0.717) is 12.1 Å². The Balaban J connectivity index is 1.25. The molecule has 1 unspecified atom stereocenters. The average molecular weight is 340 g/mol. The van der Waals surface area contributed by atoms with Crippen molar-refractivity contribution in [2.24, 2.45) is 0 Å². The molecule has 5 heteroatoms. The second kappa shape index (κ2) is 8.53. The number of hydrogen-bond donors (Lipinski definition) is 3. The highest BCUT2D eigenvalue weighted by Crippen LogP contribution is 2.27.